The number of benzene rings is 2. The largest absolute Gasteiger partial charge is 0.497 e. The summed E-state index contributed by atoms with van der Waals surface area (Å²) in [5.41, 5.74) is 1.13. The summed E-state index contributed by atoms with van der Waals surface area (Å²) in [7, 11) is -3.01. The predicted molar refractivity (Wildman–Crippen MR) is 237 cm³/mol. The molecule has 4 fully saturated rings. The number of alkyl carbamates (subject to hydrolysis) is 1. The molecule has 2 aromatic heterocycles. The maximum atomic E-state index is 14.9. The van der Waals surface area contributed by atoms with Crippen molar-refractivity contribution in [1.82, 2.24) is 25.5 Å². The van der Waals surface area contributed by atoms with Crippen LogP contribution in [0.5, 0.6) is 11.5 Å². The highest BCUT2D eigenvalue weighted by molar-refractivity contribution is 7.59. The first-order valence-electron chi connectivity index (χ1n) is 22.0. The molecule has 8 rings (SSSR count). The van der Waals surface area contributed by atoms with E-state index in [2.05, 4.69) is 16.0 Å². The van der Waals surface area contributed by atoms with Gasteiger partial charge in [0.2, 0.25) is 19.2 Å². The van der Waals surface area contributed by atoms with E-state index in [-0.39, 0.29) is 44.7 Å². The number of rotatable bonds is 11. The van der Waals surface area contributed by atoms with Gasteiger partial charge in [-0.25, -0.2) is 23.5 Å². The summed E-state index contributed by atoms with van der Waals surface area (Å²) in [5, 5.41) is 10.4. The summed E-state index contributed by atoms with van der Waals surface area (Å²) >= 11 is 1.43. The number of thiazole rings is 1. The average molecular weight is 925 g/mol. The molecule has 1 unspecified atom stereocenters. The second kappa shape index (κ2) is 19.3. The van der Waals surface area contributed by atoms with Crippen LogP contribution in [-0.4, -0.2) is 100 Å². The summed E-state index contributed by atoms with van der Waals surface area (Å²) in [5.74, 6) is -2.79. The van der Waals surface area contributed by atoms with E-state index >= 15 is 0 Å². The fourth-order valence-corrected chi connectivity index (χ4v) is 12.5. The van der Waals surface area contributed by atoms with Crippen LogP contribution in [0.4, 0.5) is 18.7 Å². The Balaban J connectivity index is 1.13. The van der Waals surface area contributed by atoms with Gasteiger partial charge in [-0.1, -0.05) is 18.9 Å². The van der Waals surface area contributed by atoms with Crippen molar-refractivity contribution in [2.75, 3.05) is 32.2 Å². The number of pyridine rings is 1. The molecule has 0 spiro atoms. The Hall–Kier alpha value is -4.90. The Morgan fingerprint density at radius 1 is 1.05 bits per heavy atom. The topological polar surface area (TPSA) is 191 Å². The number of nitrogens with one attached hydrogen (secondary N) is 3. The van der Waals surface area contributed by atoms with Gasteiger partial charge in [-0.15, -0.1) is 11.3 Å². The smallest absolute Gasteiger partial charge is 0.408 e. The van der Waals surface area contributed by atoms with Crippen molar-refractivity contribution in [3.05, 3.63) is 65.0 Å². The molecule has 2 aromatic carbocycles. The van der Waals surface area contributed by atoms with E-state index in [0.717, 1.165) is 25.0 Å². The highest BCUT2D eigenvalue weighted by Crippen LogP contribution is 2.71. The fourth-order valence-electron chi connectivity index (χ4n) is 9.13. The van der Waals surface area contributed by atoms with Gasteiger partial charge in [0.15, 0.2) is 5.13 Å². The number of anilines is 1. The maximum Gasteiger partial charge on any atom is 0.408 e. The van der Waals surface area contributed by atoms with E-state index < -0.39 is 78.0 Å². The molecule has 2 saturated carbocycles. The molecule has 4 N–H and O–H groups in total. The molecule has 4 aromatic rings. The minimum absolute atomic E-state index is 0.0510. The molecule has 0 radical (unpaired) electrons. The van der Waals surface area contributed by atoms with Crippen LogP contribution in [0.2, 0.25) is 0 Å². The van der Waals surface area contributed by atoms with Crippen LogP contribution in [0.3, 0.4) is 0 Å². The van der Waals surface area contributed by atoms with Crippen LogP contribution in [0, 0.1) is 17.6 Å². The molecule has 4 aliphatic rings. The van der Waals surface area contributed by atoms with Gasteiger partial charge in [0.05, 0.1) is 37.6 Å². The van der Waals surface area contributed by atoms with Crippen molar-refractivity contribution in [2.24, 2.45) is 5.92 Å². The molecule has 6 atom stereocenters. The molecule has 3 amide bonds. The molecule has 0 bridgehead atoms. The van der Waals surface area contributed by atoms with Gasteiger partial charge in [-0.2, -0.15) is 0 Å². The molecular weight excluding hydrogens is 870 g/mol. The number of nitrogens with zero attached hydrogens (tertiary/aromatic N) is 3. The molecule has 2 saturated heterocycles. The van der Waals surface area contributed by atoms with E-state index in [1.165, 1.54) is 22.3 Å². The number of amides is 3. The molecule has 4 heterocycles. The predicted octanol–water partition coefficient (Wildman–Crippen LogP) is 7.74. The van der Waals surface area contributed by atoms with Gasteiger partial charge in [0.1, 0.15) is 58.4 Å². The zero-order valence-electron chi connectivity index (χ0n) is 36.1. The van der Waals surface area contributed by atoms with E-state index in [0.29, 0.717) is 77.4 Å². The van der Waals surface area contributed by atoms with Gasteiger partial charge < -0.3 is 44.7 Å². The monoisotopic (exact) mass is 924 g/mol. The summed E-state index contributed by atoms with van der Waals surface area (Å²) in [6.07, 6.45) is 3.02. The molecule has 64 heavy (non-hydrogen) atoms. The van der Waals surface area contributed by atoms with E-state index in [4.69, 9.17) is 28.9 Å². The van der Waals surface area contributed by atoms with Gasteiger partial charge in [0, 0.05) is 47.5 Å². The van der Waals surface area contributed by atoms with Crippen LogP contribution in [-0.2, 0) is 29.8 Å². The van der Waals surface area contributed by atoms with Crippen LogP contribution in [0.1, 0.15) is 83.6 Å². The summed E-state index contributed by atoms with van der Waals surface area (Å²) in [4.78, 5) is 65.6. The summed E-state index contributed by atoms with van der Waals surface area (Å²) in [6, 6.07) is 7.99. The highest BCUT2D eigenvalue weighted by Gasteiger charge is 2.66. The number of aromatic nitrogens is 2. The SMILES string of the molecule is COc1ccc2c(O[C@@H]3C[C@H]4C(=O)N[C@]5(P(=O)(O)Cc6c(F)cccc6F)C[C@@H]5CCCCCOC[C@H](NC(=O)OC5CCCC5)C(=O)N4C3)cc(-c3csc(NC(C)C)n3)nc2c1. The molecule has 2 aliphatic carbocycles. The number of hydrogen-bond acceptors (Lipinski definition) is 12. The third-order valence-electron chi connectivity index (χ3n) is 12.6. The van der Waals surface area contributed by atoms with E-state index in [1.807, 2.05) is 19.2 Å². The van der Waals surface area contributed by atoms with Gasteiger partial charge in [-0.3, -0.25) is 14.2 Å². The van der Waals surface area contributed by atoms with Crippen LogP contribution in [0.25, 0.3) is 22.3 Å². The van der Waals surface area contributed by atoms with Crippen molar-refractivity contribution in [3.8, 4) is 22.9 Å². The Labute approximate surface area is 374 Å². The van der Waals surface area contributed by atoms with E-state index in [1.54, 1.807) is 31.4 Å². The molecule has 2 aliphatic heterocycles. The normalized spacial score (nSPS) is 25.4. The second-order valence-electron chi connectivity index (χ2n) is 17.5. The lowest BCUT2D eigenvalue weighted by atomic mass is 10.1. The zero-order chi connectivity index (χ0) is 45.2. The first-order valence-corrected chi connectivity index (χ1v) is 24.8. The first-order chi connectivity index (χ1) is 30.7. The Morgan fingerprint density at radius 3 is 2.56 bits per heavy atom. The van der Waals surface area contributed by atoms with Gasteiger partial charge in [-0.05, 0) is 89.0 Å². The van der Waals surface area contributed by atoms with Crippen LogP contribution < -0.4 is 25.4 Å². The molecule has 344 valence electrons. The number of fused-ring (bicyclic) bond motifs is 3. The van der Waals surface area contributed by atoms with Crippen molar-refractivity contribution in [2.45, 2.75) is 120 Å². The lowest BCUT2D eigenvalue weighted by Crippen LogP contribution is -2.56. The van der Waals surface area contributed by atoms with Crippen molar-refractivity contribution >= 4 is 52.6 Å². The molecule has 15 nitrogen and oxygen atoms in total. The molecule has 19 heteroatoms. The maximum absolute atomic E-state index is 14.9. The quantitative estimate of drug-likeness (QED) is 0.107. The zero-order valence-corrected chi connectivity index (χ0v) is 37.9. The Bertz CT molecular complexity index is 2400. The lowest BCUT2D eigenvalue weighted by Gasteiger charge is -2.31. The Morgan fingerprint density at radius 2 is 1.81 bits per heavy atom. The minimum atomic E-state index is -4.57. The molecular formula is C45H55F2N6O9PS. The average Bonchev–Trinajstić information content (AvgIpc) is 3.67. The first kappa shape index (κ1) is 45.7. The van der Waals surface area contributed by atoms with Crippen LogP contribution in [0.15, 0.2) is 47.8 Å². The van der Waals surface area contributed by atoms with Crippen molar-refractivity contribution < 1.29 is 51.6 Å². The Kier molecular flexibility index (Phi) is 13.8. The third kappa shape index (κ3) is 9.99. The van der Waals surface area contributed by atoms with Gasteiger partial charge >= 0.3 is 6.09 Å². The number of methoxy groups -OCH3 is 1. The number of carbonyl (C=O) groups excluding carboxylic acids is 3. The standard InChI is InChI=1S/C45H55F2N6O9PS/c1-26(2)48-43-50-38(25-64-43)36-20-40(31-16-15-29(59-3)18-35(31)49-36)61-30-19-39-41(54)52-45(63(57,58)24-32-33(46)13-9-14-34(32)47)21-27(45)10-5-4-8-17-60-23-37(42(55)53(39)22-30)51-44(56)62-28-11-6-7-12-28/h9,13-16,18,20,25-28,30,37,39H,4-8,10-12,17,19,21-24H2,1-3H3,(H,48,50)(H,51,56)(H,52,54)(H,57,58)/t27-,30+,37-,39-,45-/m0/s1. The minimum Gasteiger partial charge on any atom is -0.497 e. The van der Waals surface area contributed by atoms with Gasteiger partial charge in [0.25, 0.3) is 0 Å². The third-order valence-corrected chi connectivity index (χ3v) is 16.0. The lowest BCUT2D eigenvalue weighted by molar-refractivity contribution is -0.141. The fraction of sp³-hybridized carbons (Fsp3) is 0.533. The van der Waals surface area contributed by atoms with Crippen molar-refractivity contribution in [1.29, 1.82) is 0 Å². The number of carbonyl (C=O) groups is 3. The number of ether oxygens (including phenoxy) is 4. The van der Waals surface area contributed by atoms with Crippen molar-refractivity contribution in [3.63, 3.8) is 0 Å². The number of halogens is 2. The summed E-state index contributed by atoms with van der Waals surface area (Å²) in [6.45, 7) is 3.99. The summed E-state index contributed by atoms with van der Waals surface area (Å²) < 4.78 is 68.3. The number of hydrogen-bond donors (Lipinski definition) is 4. The van der Waals surface area contributed by atoms with E-state index in [9.17, 15) is 32.6 Å². The second-order valence-corrected chi connectivity index (χ2v) is 20.9. The highest BCUT2D eigenvalue weighted by atomic mass is 32.1. The van der Waals surface area contributed by atoms with Crippen LogP contribution >= 0.6 is 18.7 Å².